The number of nitrogens with one attached hydrogen (secondary N) is 1. The first-order valence-corrected chi connectivity index (χ1v) is 7.66. The van der Waals surface area contributed by atoms with E-state index in [2.05, 4.69) is 26.1 Å². The summed E-state index contributed by atoms with van der Waals surface area (Å²) in [6.45, 7) is 6.88. The molecule has 0 heterocycles. The third kappa shape index (κ3) is 2.17. The van der Waals surface area contributed by atoms with Gasteiger partial charge in [-0.2, -0.15) is 0 Å². The molecule has 2 fully saturated rings. The first-order valence-electron chi connectivity index (χ1n) is 7.66. The fourth-order valence-corrected chi connectivity index (χ4v) is 4.20. The van der Waals surface area contributed by atoms with Crippen LogP contribution in [0.1, 0.15) is 40.0 Å². The maximum Gasteiger partial charge on any atom is 0.411 e. The van der Waals surface area contributed by atoms with E-state index >= 15 is 0 Å². The smallest absolute Gasteiger partial charge is 0.411 e. The summed E-state index contributed by atoms with van der Waals surface area (Å²) in [5.74, 6) is 0.660. The predicted molar refractivity (Wildman–Crippen MR) is 84.0 cm³/mol. The van der Waals surface area contributed by atoms with Crippen molar-refractivity contribution in [2.75, 3.05) is 11.1 Å². The molecule has 2 aliphatic carbocycles. The Kier molecular flexibility index (Phi) is 3.15. The second kappa shape index (κ2) is 4.65. The van der Waals surface area contributed by atoms with E-state index in [0.717, 1.165) is 12.8 Å². The van der Waals surface area contributed by atoms with Crippen LogP contribution >= 0.6 is 0 Å². The summed E-state index contributed by atoms with van der Waals surface area (Å²) in [5.41, 5.74) is 7.34. The van der Waals surface area contributed by atoms with E-state index in [1.165, 1.54) is 6.42 Å². The molecule has 4 nitrogen and oxygen atoms in total. The van der Waals surface area contributed by atoms with Gasteiger partial charge in [0.1, 0.15) is 6.10 Å². The van der Waals surface area contributed by atoms with Crippen LogP contribution in [0.3, 0.4) is 0 Å². The number of carbonyl (C=O) groups is 1. The highest BCUT2D eigenvalue weighted by Crippen LogP contribution is 2.66. The van der Waals surface area contributed by atoms with Gasteiger partial charge in [-0.3, -0.25) is 5.32 Å². The number of nitrogens with two attached hydrogens (primary N) is 1. The molecule has 2 aliphatic rings. The SMILES string of the molecule is CC1(C)C2CCC1(C)C(OC(=O)Nc1cccc(N)c1)C2. The maximum atomic E-state index is 12.1. The van der Waals surface area contributed by atoms with Gasteiger partial charge in [0.15, 0.2) is 0 Å². The minimum Gasteiger partial charge on any atom is -0.445 e. The number of hydrogen-bond acceptors (Lipinski definition) is 3. The van der Waals surface area contributed by atoms with Crippen molar-refractivity contribution in [2.24, 2.45) is 16.7 Å². The second-order valence-electron chi connectivity index (χ2n) is 7.25. The van der Waals surface area contributed by atoms with Crippen molar-refractivity contribution in [3.05, 3.63) is 24.3 Å². The Labute approximate surface area is 126 Å². The van der Waals surface area contributed by atoms with Gasteiger partial charge in [0, 0.05) is 16.8 Å². The molecule has 21 heavy (non-hydrogen) atoms. The van der Waals surface area contributed by atoms with Gasteiger partial charge >= 0.3 is 6.09 Å². The minimum atomic E-state index is -0.379. The van der Waals surface area contributed by atoms with Gasteiger partial charge in [-0.1, -0.05) is 26.8 Å². The Morgan fingerprint density at radius 2 is 2.14 bits per heavy atom. The molecule has 1 amide bonds. The molecule has 3 rings (SSSR count). The zero-order valence-electron chi connectivity index (χ0n) is 13.0. The van der Waals surface area contributed by atoms with Gasteiger partial charge in [-0.25, -0.2) is 4.79 Å². The molecular weight excluding hydrogens is 264 g/mol. The van der Waals surface area contributed by atoms with E-state index < -0.39 is 0 Å². The van der Waals surface area contributed by atoms with Gasteiger partial charge in [0.05, 0.1) is 0 Å². The molecule has 0 radical (unpaired) electrons. The molecule has 3 unspecified atom stereocenters. The number of nitrogen functional groups attached to an aromatic ring is 1. The molecule has 0 saturated heterocycles. The molecular formula is C17H24N2O2. The van der Waals surface area contributed by atoms with Gasteiger partial charge < -0.3 is 10.5 Å². The van der Waals surface area contributed by atoms with Gasteiger partial charge in [0.2, 0.25) is 0 Å². The van der Waals surface area contributed by atoms with E-state index in [1.54, 1.807) is 12.1 Å². The molecule has 3 N–H and O–H groups in total. The normalized spacial score (nSPS) is 32.9. The highest BCUT2D eigenvalue weighted by molar-refractivity contribution is 5.85. The Hall–Kier alpha value is -1.71. The van der Waals surface area contributed by atoms with Crippen molar-refractivity contribution in [3.8, 4) is 0 Å². The number of carbonyl (C=O) groups excluding carboxylic acids is 1. The maximum absolute atomic E-state index is 12.1. The first kappa shape index (κ1) is 14.2. The van der Waals surface area contributed by atoms with Crippen LogP contribution in [0.2, 0.25) is 0 Å². The summed E-state index contributed by atoms with van der Waals surface area (Å²) < 4.78 is 5.74. The molecule has 1 aromatic carbocycles. The van der Waals surface area contributed by atoms with Crippen LogP contribution in [0.25, 0.3) is 0 Å². The molecule has 1 aromatic rings. The van der Waals surface area contributed by atoms with E-state index in [4.69, 9.17) is 10.5 Å². The third-order valence-electron chi connectivity index (χ3n) is 6.10. The Balaban J connectivity index is 1.67. The lowest BCUT2D eigenvalue weighted by Gasteiger charge is -2.38. The molecule has 0 aliphatic heterocycles. The van der Waals surface area contributed by atoms with E-state index in [0.29, 0.717) is 17.3 Å². The number of amides is 1. The largest absolute Gasteiger partial charge is 0.445 e. The molecule has 0 spiro atoms. The van der Waals surface area contributed by atoms with E-state index in [-0.39, 0.29) is 23.0 Å². The number of hydrogen-bond donors (Lipinski definition) is 2. The lowest BCUT2D eigenvalue weighted by Crippen LogP contribution is -2.39. The molecule has 0 aromatic heterocycles. The average molecular weight is 288 g/mol. The fraction of sp³-hybridized carbons (Fsp3) is 0.588. The van der Waals surface area contributed by atoms with Crippen LogP contribution in [-0.2, 0) is 4.74 Å². The molecule has 2 saturated carbocycles. The predicted octanol–water partition coefficient (Wildman–Crippen LogP) is 4.03. The number of benzene rings is 1. The Bertz CT molecular complexity index is 570. The van der Waals surface area contributed by atoms with Crippen molar-refractivity contribution in [1.82, 2.24) is 0 Å². The molecule has 114 valence electrons. The topological polar surface area (TPSA) is 64.3 Å². The van der Waals surface area contributed by atoms with Crippen molar-refractivity contribution < 1.29 is 9.53 Å². The molecule has 3 atom stereocenters. The van der Waals surface area contributed by atoms with Crippen LogP contribution in [0.4, 0.5) is 16.2 Å². The van der Waals surface area contributed by atoms with E-state index in [1.807, 2.05) is 12.1 Å². The van der Waals surface area contributed by atoms with Crippen LogP contribution in [0.5, 0.6) is 0 Å². The van der Waals surface area contributed by atoms with Gasteiger partial charge in [-0.15, -0.1) is 0 Å². The minimum absolute atomic E-state index is 0.00677. The summed E-state index contributed by atoms with van der Waals surface area (Å²) in [5, 5.41) is 2.77. The summed E-state index contributed by atoms with van der Waals surface area (Å²) >= 11 is 0. The highest BCUT2D eigenvalue weighted by atomic mass is 16.6. The Morgan fingerprint density at radius 1 is 1.38 bits per heavy atom. The standard InChI is InChI=1S/C17H24N2O2/c1-16(2)11-7-8-17(16,3)14(9-11)21-15(20)19-13-6-4-5-12(18)10-13/h4-6,10-11,14H,7-9,18H2,1-3H3,(H,19,20). The number of ether oxygens (including phenoxy) is 1. The van der Waals surface area contributed by atoms with Crippen LogP contribution < -0.4 is 11.1 Å². The fourth-order valence-electron chi connectivity index (χ4n) is 4.20. The third-order valence-corrected chi connectivity index (χ3v) is 6.10. The number of fused-ring (bicyclic) bond motifs is 2. The molecule has 4 heteroatoms. The van der Waals surface area contributed by atoms with Gasteiger partial charge in [-0.05, 0) is 48.8 Å². The van der Waals surface area contributed by atoms with Crippen LogP contribution in [-0.4, -0.2) is 12.2 Å². The quantitative estimate of drug-likeness (QED) is 0.807. The zero-order chi connectivity index (χ0) is 15.3. The van der Waals surface area contributed by atoms with Crippen molar-refractivity contribution in [1.29, 1.82) is 0 Å². The zero-order valence-corrected chi connectivity index (χ0v) is 13.0. The summed E-state index contributed by atoms with van der Waals surface area (Å²) in [7, 11) is 0. The van der Waals surface area contributed by atoms with Crippen molar-refractivity contribution in [3.63, 3.8) is 0 Å². The first-order chi connectivity index (χ1) is 9.83. The average Bonchev–Trinajstić information content (AvgIpc) is 2.72. The second-order valence-corrected chi connectivity index (χ2v) is 7.25. The molecule has 2 bridgehead atoms. The highest BCUT2D eigenvalue weighted by Gasteiger charge is 2.62. The summed E-state index contributed by atoms with van der Waals surface area (Å²) in [4.78, 5) is 12.1. The van der Waals surface area contributed by atoms with E-state index in [9.17, 15) is 4.79 Å². The number of rotatable bonds is 2. The van der Waals surface area contributed by atoms with Crippen LogP contribution in [0, 0.1) is 16.7 Å². The van der Waals surface area contributed by atoms with Gasteiger partial charge in [0.25, 0.3) is 0 Å². The monoisotopic (exact) mass is 288 g/mol. The van der Waals surface area contributed by atoms with Crippen molar-refractivity contribution in [2.45, 2.75) is 46.1 Å². The lowest BCUT2D eigenvalue weighted by atomic mass is 9.70. The van der Waals surface area contributed by atoms with Crippen molar-refractivity contribution >= 4 is 17.5 Å². The number of anilines is 2. The lowest BCUT2D eigenvalue weighted by molar-refractivity contribution is 0.00148. The van der Waals surface area contributed by atoms with Crippen LogP contribution in [0.15, 0.2) is 24.3 Å². The summed E-state index contributed by atoms with van der Waals surface area (Å²) in [6.07, 6.45) is 3.00. The summed E-state index contributed by atoms with van der Waals surface area (Å²) in [6, 6.07) is 7.14. The Morgan fingerprint density at radius 3 is 2.71 bits per heavy atom.